The van der Waals surface area contributed by atoms with E-state index >= 15 is 0 Å². The summed E-state index contributed by atoms with van der Waals surface area (Å²) >= 11 is 0. The number of carbonyl (C=O) groups excluding carboxylic acids is 1. The highest BCUT2D eigenvalue weighted by Crippen LogP contribution is 2.07. The van der Waals surface area contributed by atoms with Crippen molar-refractivity contribution < 1.29 is 9.21 Å². The molecule has 21 heavy (non-hydrogen) atoms. The van der Waals surface area contributed by atoms with Crippen molar-refractivity contribution in [2.75, 3.05) is 0 Å². The molecule has 2 rings (SSSR count). The Morgan fingerprint density at radius 2 is 2.29 bits per heavy atom. The Bertz CT molecular complexity index is 575. The van der Waals surface area contributed by atoms with Crippen LogP contribution in [0.5, 0.6) is 0 Å². The average molecular weight is 290 g/mol. The second-order valence-corrected chi connectivity index (χ2v) is 5.03. The van der Waals surface area contributed by atoms with Gasteiger partial charge in [-0.1, -0.05) is 6.92 Å². The Morgan fingerprint density at radius 1 is 1.48 bits per heavy atom. The summed E-state index contributed by atoms with van der Waals surface area (Å²) in [4.78, 5) is 12.0. The highest BCUT2D eigenvalue weighted by molar-refractivity contribution is 5.81. The molecule has 6 nitrogen and oxygen atoms in total. The van der Waals surface area contributed by atoms with Gasteiger partial charge in [-0.3, -0.25) is 9.48 Å². The Balaban J connectivity index is 1.80. The van der Waals surface area contributed by atoms with Crippen LogP contribution in [0.1, 0.15) is 30.9 Å². The normalized spacial score (nSPS) is 12.3. The number of nitrogens with zero attached hydrogens (tertiary/aromatic N) is 2. The van der Waals surface area contributed by atoms with Crippen LogP contribution in [0.2, 0.25) is 0 Å². The first-order chi connectivity index (χ1) is 10.1. The summed E-state index contributed by atoms with van der Waals surface area (Å²) in [5, 5.41) is 10.4. The maximum Gasteiger partial charge on any atom is 0.237 e. The van der Waals surface area contributed by atoms with Gasteiger partial charge in [-0.15, -0.1) is 0 Å². The third-order valence-corrected chi connectivity index (χ3v) is 3.34. The molecule has 0 bridgehead atoms. The molecule has 0 aliphatic heterocycles. The number of carbonyl (C=O) groups is 1. The number of hydrogen-bond acceptors (Lipinski definition) is 4. The Labute approximate surface area is 124 Å². The minimum Gasteiger partial charge on any atom is -0.467 e. The first-order valence-electron chi connectivity index (χ1n) is 7.15. The molecule has 0 radical (unpaired) electrons. The first-order valence-corrected chi connectivity index (χ1v) is 7.15. The molecule has 114 valence electrons. The van der Waals surface area contributed by atoms with Crippen molar-refractivity contribution in [2.45, 2.75) is 39.4 Å². The lowest BCUT2D eigenvalue weighted by Crippen LogP contribution is -2.41. The number of nitrogens with one attached hydrogen (secondary N) is 2. The Hall–Kier alpha value is -2.08. The molecule has 2 heterocycles. The van der Waals surface area contributed by atoms with Crippen molar-refractivity contribution in [1.29, 1.82) is 0 Å². The second kappa shape index (κ2) is 7.08. The van der Waals surface area contributed by atoms with E-state index in [0.717, 1.165) is 23.4 Å². The quantitative estimate of drug-likeness (QED) is 0.808. The molecular weight excluding hydrogens is 268 g/mol. The topological polar surface area (TPSA) is 72.1 Å². The van der Waals surface area contributed by atoms with E-state index in [-0.39, 0.29) is 11.9 Å². The summed E-state index contributed by atoms with van der Waals surface area (Å²) in [6, 6.07) is 3.37. The molecular formula is C15H22N4O2. The van der Waals surface area contributed by atoms with E-state index in [1.807, 2.05) is 26.2 Å². The van der Waals surface area contributed by atoms with Crippen molar-refractivity contribution in [3.8, 4) is 0 Å². The fraction of sp³-hybridized carbons (Fsp3) is 0.467. The van der Waals surface area contributed by atoms with Crippen LogP contribution in [-0.2, 0) is 31.4 Å². The van der Waals surface area contributed by atoms with Gasteiger partial charge in [0.15, 0.2) is 0 Å². The SMILES string of the molecule is CCc1nn(C)cc1CNC(C)C(=O)NCc1ccco1. The van der Waals surface area contributed by atoms with E-state index in [0.29, 0.717) is 13.1 Å². The van der Waals surface area contributed by atoms with E-state index in [1.54, 1.807) is 17.0 Å². The van der Waals surface area contributed by atoms with E-state index < -0.39 is 0 Å². The first kappa shape index (κ1) is 15.3. The van der Waals surface area contributed by atoms with E-state index in [2.05, 4.69) is 22.7 Å². The van der Waals surface area contributed by atoms with Gasteiger partial charge in [0.2, 0.25) is 5.91 Å². The van der Waals surface area contributed by atoms with Gasteiger partial charge in [0, 0.05) is 25.4 Å². The monoisotopic (exact) mass is 290 g/mol. The number of amides is 1. The zero-order chi connectivity index (χ0) is 15.2. The van der Waals surface area contributed by atoms with E-state index in [9.17, 15) is 4.79 Å². The van der Waals surface area contributed by atoms with Gasteiger partial charge < -0.3 is 15.1 Å². The summed E-state index contributed by atoms with van der Waals surface area (Å²) in [5.74, 6) is 0.699. The molecule has 6 heteroatoms. The highest BCUT2D eigenvalue weighted by atomic mass is 16.3. The molecule has 2 aromatic heterocycles. The summed E-state index contributed by atoms with van der Waals surface area (Å²) < 4.78 is 6.98. The molecule has 0 aliphatic carbocycles. The van der Waals surface area contributed by atoms with Gasteiger partial charge >= 0.3 is 0 Å². The van der Waals surface area contributed by atoms with Crippen LogP contribution in [0.25, 0.3) is 0 Å². The largest absolute Gasteiger partial charge is 0.467 e. The summed E-state index contributed by atoms with van der Waals surface area (Å²) in [7, 11) is 1.90. The van der Waals surface area contributed by atoms with Gasteiger partial charge in [0.1, 0.15) is 5.76 Å². The lowest BCUT2D eigenvalue weighted by Gasteiger charge is -2.13. The lowest BCUT2D eigenvalue weighted by atomic mass is 10.2. The van der Waals surface area contributed by atoms with E-state index in [1.165, 1.54) is 0 Å². The second-order valence-electron chi connectivity index (χ2n) is 5.03. The van der Waals surface area contributed by atoms with Crippen molar-refractivity contribution in [3.05, 3.63) is 41.6 Å². The van der Waals surface area contributed by atoms with Crippen molar-refractivity contribution >= 4 is 5.91 Å². The molecule has 1 atom stereocenters. The third kappa shape index (κ3) is 4.19. The molecule has 2 aromatic rings. The summed E-state index contributed by atoms with van der Waals surface area (Å²) in [6.07, 6.45) is 4.47. The molecule has 0 saturated heterocycles. The van der Waals surface area contributed by atoms with Gasteiger partial charge in [-0.2, -0.15) is 5.10 Å². The van der Waals surface area contributed by atoms with Crippen LogP contribution in [0.3, 0.4) is 0 Å². The minimum atomic E-state index is -0.273. The summed E-state index contributed by atoms with van der Waals surface area (Å²) in [5.41, 5.74) is 2.19. The Morgan fingerprint density at radius 3 is 2.95 bits per heavy atom. The average Bonchev–Trinajstić information content (AvgIpc) is 3.11. The number of rotatable bonds is 7. The zero-order valence-corrected chi connectivity index (χ0v) is 12.7. The van der Waals surface area contributed by atoms with Gasteiger partial charge in [-0.05, 0) is 25.5 Å². The zero-order valence-electron chi connectivity index (χ0n) is 12.7. The molecule has 2 N–H and O–H groups in total. The van der Waals surface area contributed by atoms with Crippen LogP contribution in [-0.4, -0.2) is 21.7 Å². The fourth-order valence-corrected chi connectivity index (χ4v) is 2.13. The molecule has 0 saturated carbocycles. The van der Waals surface area contributed by atoms with E-state index in [4.69, 9.17) is 4.42 Å². The van der Waals surface area contributed by atoms with Crippen LogP contribution in [0, 0.1) is 0 Å². The molecule has 1 amide bonds. The number of aryl methyl sites for hydroxylation is 2. The smallest absolute Gasteiger partial charge is 0.237 e. The minimum absolute atomic E-state index is 0.0478. The fourth-order valence-electron chi connectivity index (χ4n) is 2.13. The molecule has 0 spiro atoms. The van der Waals surface area contributed by atoms with Crippen LogP contribution < -0.4 is 10.6 Å². The lowest BCUT2D eigenvalue weighted by molar-refractivity contribution is -0.123. The van der Waals surface area contributed by atoms with Gasteiger partial charge in [0.05, 0.1) is 24.5 Å². The number of aromatic nitrogens is 2. The summed E-state index contributed by atoms with van der Waals surface area (Å²) in [6.45, 7) is 4.96. The Kier molecular flexibility index (Phi) is 5.16. The maximum absolute atomic E-state index is 12.0. The van der Waals surface area contributed by atoms with Crippen molar-refractivity contribution in [2.24, 2.45) is 7.05 Å². The maximum atomic E-state index is 12.0. The standard InChI is InChI=1S/C15H22N4O2/c1-4-14-12(10-19(3)18-14)8-16-11(2)15(20)17-9-13-6-5-7-21-13/h5-7,10-11,16H,4,8-9H2,1-3H3,(H,17,20). The highest BCUT2D eigenvalue weighted by Gasteiger charge is 2.14. The predicted molar refractivity (Wildman–Crippen MR) is 79.4 cm³/mol. The van der Waals surface area contributed by atoms with Gasteiger partial charge in [0.25, 0.3) is 0 Å². The van der Waals surface area contributed by atoms with Crippen LogP contribution >= 0.6 is 0 Å². The third-order valence-electron chi connectivity index (χ3n) is 3.34. The molecule has 0 aliphatic rings. The molecule has 1 unspecified atom stereocenters. The van der Waals surface area contributed by atoms with Crippen LogP contribution in [0.4, 0.5) is 0 Å². The predicted octanol–water partition coefficient (Wildman–Crippen LogP) is 1.37. The molecule has 0 aromatic carbocycles. The van der Waals surface area contributed by atoms with Crippen molar-refractivity contribution in [3.63, 3.8) is 0 Å². The molecule has 0 fully saturated rings. The van der Waals surface area contributed by atoms with Crippen molar-refractivity contribution in [1.82, 2.24) is 20.4 Å². The van der Waals surface area contributed by atoms with Crippen LogP contribution in [0.15, 0.2) is 29.0 Å². The van der Waals surface area contributed by atoms with Gasteiger partial charge in [-0.25, -0.2) is 0 Å². The number of hydrogen-bond donors (Lipinski definition) is 2. The number of furan rings is 1.